The molecule has 0 aromatic heterocycles. The number of benzene rings is 2. The zero-order valence-corrected chi connectivity index (χ0v) is 12.6. The van der Waals surface area contributed by atoms with Crippen LogP contribution in [0.4, 0.5) is 0 Å². The van der Waals surface area contributed by atoms with E-state index in [9.17, 15) is 9.59 Å². The molecular formula is C17H17N3O3. The van der Waals surface area contributed by atoms with E-state index in [4.69, 9.17) is 4.74 Å². The van der Waals surface area contributed by atoms with Crippen LogP contribution in [0, 0.1) is 0 Å². The Balaban J connectivity index is 1.78. The third-order valence-electron chi connectivity index (χ3n) is 3.76. The van der Waals surface area contributed by atoms with Crippen LogP contribution in [0.25, 0.3) is 0 Å². The normalized spacial score (nSPS) is 20.0. The second kappa shape index (κ2) is 6.50. The second-order valence-electron chi connectivity index (χ2n) is 5.20. The van der Waals surface area contributed by atoms with Crippen molar-refractivity contribution in [3.8, 4) is 5.75 Å². The van der Waals surface area contributed by atoms with Crippen molar-refractivity contribution in [3.63, 3.8) is 0 Å². The van der Waals surface area contributed by atoms with Crippen LogP contribution >= 0.6 is 0 Å². The molecule has 2 amide bonds. The molecule has 118 valence electrons. The van der Waals surface area contributed by atoms with Gasteiger partial charge in [0.1, 0.15) is 11.8 Å². The van der Waals surface area contributed by atoms with Crippen molar-refractivity contribution in [2.45, 2.75) is 12.1 Å². The van der Waals surface area contributed by atoms with E-state index in [1.165, 1.54) is 0 Å². The summed E-state index contributed by atoms with van der Waals surface area (Å²) >= 11 is 0. The van der Waals surface area contributed by atoms with Crippen LogP contribution in [0.3, 0.4) is 0 Å². The Morgan fingerprint density at radius 1 is 1.09 bits per heavy atom. The molecule has 2 aromatic rings. The number of rotatable bonds is 4. The van der Waals surface area contributed by atoms with Crippen LogP contribution in [0.1, 0.15) is 22.0 Å². The lowest BCUT2D eigenvalue weighted by Crippen LogP contribution is -2.42. The molecule has 1 saturated heterocycles. The number of hydrogen-bond acceptors (Lipinski definition) is 4. The van der Waals surface area contributed by atoms with Crippen molar-refractivity contribution in [1.82, 2.24) is 16.2 Å². The average molecular weight is 311 g/mol. The SMILES string of the molecule is COc1ccc([C@@H]2NNC(=O)[C@@H]2NC(=O)c2ccccc2)cc1. The predicted molar refractivity (Wildman–Crippen MR) is 84.7 cm³/mol. The molecule has 2 atom stereocenters. The van der Waals surface area contributed by atoms with E-state index in [1.54, 1.807) is 31.4 Å². The first kappa shape index (κ1) is 15.1. The standard InChI is InChI=1S/C17H17N3O3/c1-23-13-9-7-11(8-10-13)14-15(17(22)20-19-14)18-16(21)12-5-3-2-4-6-12/h2-10,14-15,19H,1H3,(H,18,21)(H,20,22)/t14-,15+/m0/s1. The quantitative estimate of drug-likeness (QED) is 0.792. The van der Waals surface area contributed by atoms with E-state index < -0.39 is 6.04 Å². The number of carbonyl (C=O) groups is 2. The summed E-state index contributed by atoms with van der Waals surface area (Å²) in [6.07, 6.45) is 0. The minimum atomic E-state index is -0.684. The van der Waals surface area contributed by atoms with Crippen molar-refractivity contribution in [3.05, 3.63) is 65.7 Å². The lowest BCUT2D eigenvalue weighted by Gasteiger charge is -2.18. The Kier molecular flexibility index (Phi) is 4.25. The molecule has 1 aliphatic heterocycles. The molecule has 2 aromatic carbocycles. The molecular weight excluding hydrogens is 294 g/mol. The van der Waals surface area contributed by atoms with E-state index >= 15 is 0 Å². The van der Waals surface area contributed by atoms with Crippen LogP contribution < -0.4 is 20.9 Å². The van der Waals surface area contributed by atoms with Gasteiger partial charge in [0.05, 0.1) is 13.2 Å². The molecule has 3 rings (SSSR count). The number of methoxy groups -OCH3 is 1. The van der Waals surface area contributed by atoms with Gasteiger partial charge in [0, 0.05) is 5.56 Å². The third kappa shape index (κ3) is 3.17. The summed E-state index contributed by atoms with van der Waals surface area (Å²) < 4.78 is 5.13. The van der Waals surface area contributed by atoms with Gasteiger partial charge >= 0.3 is 0 Å². The van der Waals surface area contributed by atoms with Gasteiger partial charge in [0.25, 0.3) is 11.8 Å². The fraction of sp³-hybridized carbons (Fsp3) is 0.176. The van der Waals surface area contributed by atoms with Gasteiger partial charge in [-0.15, -0.1) is 0 Å². The first-order valence-electron chi connectivity index (χ1n) is 7.24. The first-order valence-corrected chi connectivity index (χ1v) is 7.24. The van der Waals surface area contributed by atoms with Crippen molar-refractivity contribution >= 4 is 11.8 Å². The highest BCUT2D eigenvalue weighted by Gasteiger charge is 2.36. The molecule has 1 heterocycles. The molecule has 0 unspecified atom stereocenters. The van der Waals surface area contributed by atoms with Crippen LogP contribution in [0.15, 0.2) is 54.6 Å². The van der Waals surface area contributed by atoms with Gasteiger partial charge in [-0.05, 0) is 29.8 Å². The smallest absolute Gasteiger partial charge is 0.258 e. The Labute approximate surface area is 133 Å². The number of hydrazine groups is 1. The van der Waals surface area contributed by atoms with Gasteiger partial charge in [0.15, 0.2) is 0 Å². The fourth-order valence-corrected chi connectivity index (χ4v) is 2.51. The summed E-state index contributed by atoms with van der Waals surface area (Å²) in [5.74, 6) is 0.180. The lowest BCUT2D eigenvalue weighted by atomic mass is 10.00. The number of hydrogen-bond donors (Lipinski definition) is 3. The van der Waals surface area contributed by atoms with Crippen molar-refractivity contribution < 1.29 is 14.3 Å². The molecule has 1 fully saturated rings. The number of carbonyl (C=O) groups excluding carboxylic acids is 2. The Hall–Kier alpha value is -2.86. The molecule has 1 aliphatic rings. The van der Waals surface area contributed by atoms with Crippen molar-refractivity contribution in [1.29, 1.82) is 0 Å². The van der Waals surface area contributed by atoms with Gasteiger partial charge in [-0.2, -0.15) is 0 Å². The van der Waals surface area contributed by atoms with Gasteiger partial charge in [-0.25, -0.2) is 5.43 Å². The van der Waals surface area contributed by atoms with E-state index in [0.717, 1.165) is 11.3 Å². The summed E-state index contributed by atoms with van der Waals surface area (Å²) in [4.78, 5) is 24.3. The van der Waals surface area contributed by atoms with Crippen molar-refractivity contribution in [2.24, 2.45) is 0 Å². The molecule has 0 bridgehead atoms. The van der Waals surface area contributed by atoms with Gasteiger partial charge in [-0.3, -0.25) is 15.0 Å². The second-order valence-corrected chi connectivity index (χ2v) is 5.20. The van der Waals surface area contributed by atoms with Crippen LogP contribution in [0.5, 0.6) is 5.75 Å². The van der Waals surface area contributed by atoms with Gasteiger partial charge < -0.3 is 10.1 Å². The Bertz CT molecular complexity index is 701. The molecule has 6 nitrogen and oxygen atoms in total. The van der Waals surface area contributed by atoms with Crippen molar-refractivity contribution in [2.75, 3.05) is 7.11 Å². The maximum atomic E-state index is 12.3. The van der Waals surface area contributed by atoms with E-state index in [2.05, 4.69) is 16.2 Å². The summed E-state index contributed by atoms with van der Waals surface area (Å²) in [6, 6.07) is 15.1. The molecule has 0 radical (unpaired) electrons. The number of nitrogens with one attached hydrogen (secondary N) is 3. The van der Waals surface area contributed by atoms with E-state index in [-0.39, 0.29) is 17.9 Å². The van der Waals surface area contributed by atoms with E-state index in [0.29, 0.717) is 5.56 Å². The topological polar surface area (TPSA) is 79.5 Å². The summed E-state index contributed by atoms with van der Waals surface area (Å²) in [7, 11) is 1.59. The highest BCUT2D eigenvalue weighted by molar-refractivity contribution is 5.98. The Morgan fingerprint density at radius 3 is 2.43 bits per heavy atom. The molecule has 6 heteroatoms. The summed E-state index contributed by atoms with van der Waals surface area (Å²) in [5, 5.41) is 2.78. The maximum absolute atomic E-state index is 12.3. The molecule has 23 heavy (non-hydrogen) atoms. The van der Waals surface area contributed by atoms with Gasteiger partial charge in [0.2, 0.25) is 0 Å². The summed E-state index contributed by atoms with van der Waals surface area (Å²) in [5.41, 5.74) is 6.87. The van der Waals surface area contributed by atoms with Crippen LogP contribution in [-0.4, -0.2) is 25.0 Å². The fourth-order valence-electron chi connectivity index (χ4n) is 2.51. The first-order chi connectivity index (χ1) is 11.2. The largest absolute Gasteiger partial charge is 0.497 e. The zero-order chi connectivity index (χ0) is 16.2. The molecule has 3 N–H and O–H groups in total. The third-order valence-corrected chi connectivity index (χ3v) is 3.76. The molecule has 0 aliphatic carbocycles. The number of amides is 2. The minimum Gasteiger partial charge on any atom is -0.497 e. The van der Waals surface area contributed by atoms with E-state index in [1.807, 2.05) is 30.3 Å². The zero-order valence-electron chi connectivity index (χ0n) is 12.6. The minimum absolute atomic E-state index is 0.268. The molecule has 0 spiro atoms. The monoisotopic (exact) mass is 311 g/mol. The highest BCUT2D eigenvalue weighted by atomic mass is 16.5. The average Bonchev–Trinajstić information content (AvgIpc) is 2.96. The van der Waals surface area contributed by atoms with Crippen LogP contribution in [-0.2, 0) is 4.79 Å². The Morgan fingerprint density at radius 2 is 1.78 bits per heavy atom. The summed E-state index contributed by atoms with van der Waals surface area (Å²) in [6.45, 7) is 0. The van der Waals surface area contributed by atoms with Gasteiger partial charge in [-0.1, -0.05) is 30.3 Å². The highest BCUT2D eigenvalue weighted by Crippen LogP contribution is 2.23. The maximum Gasteiger partial charge on any atom is 0.258 e. The number of ether oxygens (including phenoxy) is 1. The molecule has 0 saturated carbocycles. The van der Waals surface area contributed by atoms with Crippen LogP contribution in [0.2, 0.25) is 0 Å². The lowest BCUT2D eigenvalue weighted by molar-refractivity contribution is -0.121. The predicted octanol–water partition coefficient (Wildman–Crippen LogP) is 1.17.